The fourth-order valence-corrected chi connectivity index (χ4v) is 1.25. The van der Waals surface area contributed by atoms with Gasteiger partial charge >= 0.3 is 0 Å². The van der Waals surface area contributed by atoms with Crippen molar-refractivity contribution in [1.29, 1.82) is 0 Å². The van der Waals surface area contributed by atoms with Crippen molar-refractivity contribution in [2.45, 2.75) is 6.17 Å². The summed E-state index contributed by atoms with van der Waals surface area (Å²) in [6.45, 7) is 1.65. The molecule has 0 spiro atoms. The number of piperazine rings is 1. The van der Waals surface area contributed by atoms with Gasteiger partial charge in [0.15, 0.2) is 6.17 Å². The lowest BCUT2D eigenvalue weighted by atomic mass is 10.3. The van der Waals surface area contributed by atoms with E-state index in [-0.39, 0.29) is 12.1 Å². The van der Waals surface area contributed by atoms with Crippen LogP contribution in [0, 0.1) is 0 Å². The Morgan fingerprint density at radius 1 is 1.70 bits per heavy atom. The molecule has 2 rings (SSSR count). The van der Waals surface area contributed by atoms with Crippen molar-refractivity contribution >= 4 is 5.91 Å². The standard InChI is InChI=1S/C6H9N3O/c10-6-5-7-1-3-9(5)4-2-8-6/h1,3,5,7H,2,4H2,(H,8,10). The van der Waals surface area contributed by atoms with E-state index in [1.54, 1.807) is 6.20 Å². The Balaban J connectivity index is 2.14. The molecule has 54 valence electrons. The molecule has 2 N–H and O–H groups in total. The van der Waals surface area contributed by atoms with Gasteiger partial charge in [0.05, 0.1) is 0 Å². The molecule has 1 fully saturated rings. The van der Waals surface area contributed by atoms with Crippen LogP contribution in [-0.2, 0) is 4.79 Å². The maximum atomic E-state index is 11.0. The highest BCUT2D eigenvalue weighted by Gasteiger charge is 2.28. The molecule has 4 heteroatoms. The van der Waals surface area contributed by atoms with E-state index in [4.69, 9.17) is 0 Å². The summed E-state index contributed by atoms with van der Waals surface area (Å²) in [5.74, 6) is 0.0660. The molecule has 4 nitrogen and oxygen atoms in total. The van der Waals surface area contributed by atoms with Crippen LogP contribution in [-0.4, -0.2) is 30.1 Å². The second kappa shape index (κ2) is 1.90. The van der Waals surface area contributed by atoms with E-state index in [9.17, 15) is 4.79 Å². The predicted octanol–water partition coefficient (Wildman–Crippen LogP) is -1.18. The lowest BCUT2D eigenvalue weighted by molar-refractivity contribution is -0.127. The Labute approximate surface area is 58.9 Å². The van der Waals surface area contributed by atoms with Gasteiger partial charge in [-0.1, -0.05) is 0 Å². The summed E-state index contributed by atoms with van der Waals surface area (Å²) in [6, 6.07) is 0. The third-order valence-electron chi connectivity index (χ3n) is 1.77. The van der Waals surface area contributed by atoms with Crippen LogP contribution in [0.15, 0.2) is 12.4 Å². The first-order valence-electron chi connectivity index (χ1n) is 3.34. The Bertz CT molecular complexity index is 189. The van der Waals surface area contributed by atoms with Crippen molar-refractivity contribution in [3.63, 3.8) is 0 Å². The van der Waals surface area contributed by atoms with E-state index in [1.807, 2.05) is 11.1 Å². The Morgan fingerprint density at radius 2 is 2.60 bits per heavy atom. The molecule has 0 radical (unpaired) electrons. The Kier molecular flexibility index (Phi) is 1.06. The fourth-order valence-electron chi connectivity index (χ4n) is 1.25. The predicted molar refractivity (Wildman–Crippen MR) is 35.8 cm³/mol. The molecule has 10 heavy (non-hydrogen) atoms. The summed E-state index contributed by atoms with van der Waals surface area (Å²) in [6.07, 6.45) is 3.56. The molecule has 1 atom stereocenters. The molecule has 0 aromatic heterocycles. The first-order valence-corrected chi connectivity index (χ1v) is 3.34. The van der Waals surface area contributed by atoms with Crippen LogP contribution < -0.4 is 10.6 Å². The quantitative estimate of drug-likeness (QED) is 0.444. The maximum absolute atomic E-state index is 11.0. The fraction of sp³-hybridized carbons (Fsp3) is 0.500. The van der Waals surface area contributed by atoms with Crippen LogP contribution in [0.1, 0.15) is 0 Å². The summed E-state index contributed by atoms with van der Waals surface area (Å²) >= 11 is 0. The summed E-state index contributed by atoms with van der Waals surface area (Å²) in [7, 11) is 0. The number of carbonyl (C=O) groups is 1. The van der Waals surface area contributed by atoms with Crippen LogP contribution in [0.3, 0.4) is 0 Å². The molecule has 1 unspecified atom stereocenters. The van der Waals surface area contributed by atoms with E-state index < -0.39 is 0 Å². The van der Waals surface area contributed by atoms with Gasteiger partial charge in [-0.25, -0.2) is 0 Å². The number of fused-ring (bicyclic) bond motifs is 1. The van der Waals surface area contributed by atoms with E-state index in [1.165, 1.54) is 0 Å². The number of hydrogen-bond acceptors (Lipinski definition) is 3. The van der Waals surface area contributed by atoms with Gasteiger partial charge in [-0.2, -0.15) is 0 Å². The zero-order valence-electron chi connectivity index (χ0n) is 5.50. The number of nitrogens with zero attached hydrogens (tertiary/aromatic N) is 1. The largest absolute Gasteiger partial charge is 0.362 e. The monoisotopic (exact) mass is 139 g/mol. The molecule has 1 amide bonds. The van der Waals surface area contributed by atoms with Crippen LogP contribution >= 0.6 is 0 Å². The highest BCUT2D eigenvalue weighted by molar-refractivity contribution is 5.82. The van der Waals surface area contributed by atoms with Crippen molar-refractivity contribution in [2.75, 3.05) is 13.1 Å². The third-order valence-corrected chi connectivity index (χ3v) is 1.77. The van der Waals surface area contributed by atoms with Gasteiger partial charge in [0.1, 0.15) is 0 Å². The van der Waals surface area contributed by atoms with Crippen molar-refractivity contribution < 1.29 is 4.79 Å². The number of carbonyl (C=O) groups excluding carboxylic acids is 1. The van der Waals surface area contributed by atoms with Gasteiger partial charge in [0.25, 0.3) is 5.91 Å². The van der Waals surface area contributed by atoms with Gasteiger partial charge < -0.3 is 15.5 Å². The van der Waals surface area contributed by atoms with E-state index >= 15 is 0 Å². The van der Waals surface area contributed by atoms with Crippen molar-refractivity contribution in [1.82, 2.24) is 15.5 Å². The van der Waals surface area contributed by atoms with Crippen LogP contribution in [0.4, 0.5) is 0 Å². The Hall–Kier alpha value is -1.19. The SMILES string of the molecule is O=C1NCCN2C=CNC12. The molecule has 0 aliphatic carbocycles. The second-order valence-electron chi connectivity index (χ2n) is 2.41. The average Bonchev–Trinajstić information content (AvgIpc) is 2.36. The first-order chi connectivity index (χ1) is 4.88. The molecule has 2 heterocycles. The molecule has 2 aliphatic rings. The number of hydrogen-bond donors (Lipinski definition) is 2. The highest BCUT2D eigenvalue weighted by Crippen LogP contribution is 2.06. The minimum absolute atomic E-state index is 0.0660. The lowest BCUT2D eigenvalue weighted by Gasteiger charge is -2.29. The maximum Gasteiger partial charge on any atom is 0.263 e. The van der Waals surface area contributed by atoms with Crippen molar-refractivity contribution in [3.8, 4) is 0 Å². The van der Waals surface area contributed by atoms with Gasteiger partial charge in [-0.05, 0) is 0 Å². The smallest absolute Gasteiger partial charge is 0.263 e. The summed E-state index contributed by atoms with van der Waals surface area (Å²) in [4.78, 5) is 13.0. The summed E-state index contributed by atoms with van der Waals surface area (Å²) in [5, 5.41) is 5.71. The average molecular weight is 139 g/mol. The van der Waals surface area contributed by atoms with E-state index in [0.717, 1.165) is 13.1 Å². The number of nitrogens with one attached hydrogen (secondary N) is 2. The Morgan fingerprint density at radius 3 is 3.40 bits per heavy atom. The third kappa shape index (κ3) is 0.650. The molecule has 0 bridgehead atoms. The van der Waals surface area contributed by atoms with E-state index in [0.29, 0.717) is 0 Å². The van der Waals surface area contributed by atoms with Gasteiger partial charge in [0, 0.05) is 25.5 Å². The van der Waals surface area contributed by atoms with Gasteiger partial charge in [-0.15, -0.1) is 0 Å². The molecule has 1 saturated heterocycles. The highest BCUT2D eigenvalue weighted by atomic mass is 16.2. The lowest BCUT2D eigenvalue weighted by Crippen LogP contribution is -2.55. The van der Waals surface area contributed by atoms with Crippen molar-refractivity contribution in [3.05, 3.63) is 12.4 Å². The molecule has 0 saturated carbocycles. The normalized spacial score (nSPS) is 29.4. The van der Waals surface area contributed by atoms with Crippen molar-refractivity contribution in [2.24, 2.45) is 0 Å². The van der Waals surface area contributed by atoms with Gasteiger partial charge in [0.2, 0.25) is 0 Å². The van der Waals surface area contributed by atoms with Crippen LogP contribution in [0.25, 0.3) is 0 Å². The molecular weight excluding hydrogens is 130 g/mol. The molecule has 0 aromatic carbocycles. The second-order valence-corrected chi connectivity index (χ2v) is 2.41. The van der Waals surface area contributed by atoms with E-state index in [2.05, 4.69) is 10.6 Å². The van der Waals surface area contributed by atoms with Crippen LogP contribution in [0.2, 0.25) is 0 Å². The minimum Gasteiger partial charge on any atom is -0.362 e. The topological polar surface area (TPSA) is 44.4 Å². The first kappa shape index (κ1) is 5.58. The summed E-state index contributed by atoms with van der Waals surface area (Å²) in [5.41, 5.74) is 0. The molecule has 0 aromatic rings. The summed E-state index contributed by atoms with van der Waals surface area (Å²) < 4.78 is 0. The molecule has 2 aliphatic heterocycles. The number of amides is 1. The number of rotatable bonds is 0. The zero-order valence-corrected chi connectivity index (χ0v) is 5.50. The van der Waals surface area contributed by atoms with Crippen LogP contribution in [0.5, 0.6) is 0 Å². The minimum atomic E-state index is -0.145. The van der Waals surface area contributed by atoms with Gasteiger partial charge in [-0.3, -0.25) is 4.79 Å². The molecular formula is C6H9N3O. The zero-order chi connectivity index (χ0) is 6.97.